The molecule has 0 aromatic heterocycles. The summed E-state index contributed by atoms with van der Waals surface area (Å²) in [4.78, 5) is 0. The molecule has 0 saturated carbocycles. The van der Waals surface area contributed by atoms with Gasteiger partial charge in [-0.25, -0.2) is 0 Å². The minimum Gasteiger partial charge on any atom is -0.369 e. The lowest BCUT2D eigenvalue weighted by atomic mass is 10.0. The normalized spacial score (nSPS) is 35.1. The topological polar surface area (TPSA) is 44.5 Å². The summed E-state index contributed by atoms with van der Waals surface area (Å²) >= 11 is 0. The Labute approximate surface area is 101 Å². The smallest absolute Gasteiger partial charge is 0.104 e. The van der Waals surface area contributed by atoms with Crippen LogP contribution in [0.3, 0.4) is 0 Å². The van der Waals surface area contributed by atoms with Crippen LogP contribution < -0.4 is 5.73 Å². The van der Waals surface area contributed by atoms with Gasteiger partial charge >= 0.3 is 0 Å². The molecule has 3 rings (SSSR count). The van der Waals surface area contributed by atoms with Gasteiger partial charge < -0.3 is 15.2 Å². The molecule has 0 aliphatic carbocycles. The van der Waals surface area contributed by atoms with Gasteiger partial charge in [-0.05, 0) is 12.0 Å². The number of benzene rings is 1. The Morgan fingerprint density at radius 3 is 2.88 bits per heavy atom. The van der Waals surface area contributed by atoms with Crippen molar-refractivity contribution in [1.29, 1.82) is 0 Å². The summed E-state index contributed by atoms with van der Waals surface area (Å²) < 4.78 is 11.7. The number of rotatable bonds is 3. The fraction of sp³-hybridized carbons (Fsp3) is 0.429. The summed E-state index contributed by atoms with van der Waals surface area (Å²) in [6.07, 6.45) is 5.24. The zero-order valence-corrected chi connectivity index (χ0v) is 9.66. The lowest BCUT2D eigenvalue weighted by molar-refractivity contribution is -0.110. The third-order valence-electron chi connectivity index (χ3n) is 3.38. The molecule has 2 aliphatic heterocycles. The first-order chi connectivity index (χ1) is 8.33. The molecule has 0 spiro atoms. The SMILES string of the molecule is N[C@@H]1C[C@@H]2C=C[C@@H](O2)[C@@H]1OCc1ccccc1. The van der Waals surface area contributed by atoms with Crippen LogP contribution in [0.5, 0.6) is 0 Å². The minimum absolute atomic E-state index is 0.0230. The van der Waals surface area contributed by atoms with E-state index in [1.807, 2.05) is 18.2 Å². The van der Waals surface area contributed by atoms with Crippen molar-refractivity contribution in [1.82, 2.24) is 0 Å². The average Bonchev–Trinajstić information content (AvgIpc) is 2.73. The summed E-state index contributed by atoms with van der Waals surface area (Å²) in [5.41, 5.74) is 7.29. The fourth-order valence-corrected chi connectivity index (χ4v) is 2.48. The summed E-state index contributed by atoms with van der Waals surface area (Å²) in [5, 5.41) is 0. The molecule has 90 valence electrons. The van der Waals surface area contributed by atoms with Crippen molar-refractivity contribution in [3.8, 4) is 0 Å². The highest BCUT2D eigenvalue weighted by Gasteiger charge is 2.38. The molecular formula is C14H17NO2. The Morgan fingerprint density at radius 2 is 2.06 bits per heavy atom. The van der Waals surface area contributed by atoms with E-state index in [4.69, 9.17) is 15.2 Å². The van der Waals surface area contributed by atoms with Crippen molar-refractivity contribution < 1.29 is 9.47 Å². The van der Waals surface area contributed by atoms with E-state index in [1.165, 1.54) is 5.56 Å². The van der Waals surface area contributed by atoms with Crippen LogP contribution in [-0.2, 0) is 16.1 Å². The highest BCUT2D eigenvalue weighted by Crippen LogP contribution is 2.28. The van der Waals surface area contributed by atoms with Crippen LogP contribution in [0.25, 0.3) is 0 Å². The number of nitrogens with two attached hydrogens (primary N) is 1. The van der Waals surface area contributed by atoms with E-state index in [0.717, 1.165) is 6.42 Å². The van der Waals surface area contributed by atoms with Gasteiger partial charge in [0.25, 0.3) is 0 Å². The molecule has 1 saturated heterocycles. The van der Waals surface area contributed by atoms with Crippen LogP contribution in [0.15, 0.2) is 42.5 Å². The van der Waals surface area contributed by atoms with Crippen LogP contribution >= 0.6 is 0 Å². The maximum absolute atomic E-state index is 6.12. The van der Waals surface area contributed by atoms with E-state index in [1.54, 1.807) is 0 Å². The number of hydrogen-bond acceptors (Lipinski definition) is 3. The van der Waals surface area contributed by atoms with Gasteiger partial charge in [-0.1, -0.05) is 42.5 Å². The Morgan fingerprint density at radius 1 is 1.24 bits per heavy atom. The first kappa shape index (κ1) is 11.0. The Kier molecular flexibility index (Phi) is 2.97. The molecule has 17 heavy (non-hydrogen) atoms. The quantitative estimate of drug-likeness (QED) is 0.804. The van der Waals surface area contributed by atoms with Crippen LogP contribution in [0, 0.1) is 0 Å². The molecule has 3 nitrogen and oxygen atoms in total. The second kappa shape index (κ2) is 4.61. The molecule has 0 radical (unpaired) electrons. The van der Waals surface area contributed by atoms with Crippen LogP contribution in [0.4, 0.5) is 0 Å². The Hall–Kier alpha value is -1.16. The van der Waals surface area contributed by atoms with Gasteiger partial charge in [0.05, 0.1) is 12.7 Å². The second-order valence-electron chi connectivity index (χ2n) is 4.68. The average molecular weight is 231 g/mol. The molecular weight excluding hydrogens is 214 g/mol. The fourth-order valence-electron chi connectivity index (χ4n) is 2.48. The molecule has 2 heterocycles. The van der Waals surface area contributed by atoms with Crippen molar-refractivity contribution in [2.24, 2.45) is 5.73 Å². The van der Waals surface area contributed by atoms with Crippen LogP contribution in [0.2, 0.25) is 0 Å². The van der Waals surface area contributed by atoms with E-state index < -0.39 is 0 Å². The van der Waals surface area contributed by atoms with Gasteiger partial charge in [-0.15, -0.1) is 0 Å². The largest absolute Gasteiger partial charge is 0.369 e. The van der Waals surface area contributed by atoms with Gasteiger partial charge in [0.2, 0.25) is 0 Å². The summed E-state index contributed by atoms with van der Waals surface area (Å²) in [6.45, 7) is 0.595. The van der Waals surface area contributed by atoms with Gasteiger partial charge in [-0.2, -0.15) is 0 Å². The zero-order chi connectivity index (χ0) is 11.7. The van der Waals surface area contributed by atoms with E-state index in [0.29, 0.717) is 6.61 Å². The first-order valence-corrected chi connectivity index (χ1v) is 6.08. The van der Waals surface area contributed by atoms with E-state index in [9.17, 15) is 0 Å². The second-order valence-corrected chi connectivity index (χ2v) is 4.68. The van der Waals surface area contributed by atoms with Crippen LogP contribution in [-0.4, -0.2) is 24.4 Å². The Bertz CT molecular complexity index is 404. The summed E-state index contributed by atoms with van der Waals surface area (Å²) in [5.74, 6) is 0. The predicted molar refractivity (Wildman–Crippen MR) is 65.4 cm³/mol. The van der Waals surface area contributed by atoms with Crippen molar-refractivity contribution in [3.63, 3.8) is 0 Å². The standard InChI is InChI=1S/C14H17NO2/c15-12-8-11-6-7-13(17-11)14(12)16-9-10-4-2-1-3-5-10/h1-7,11-14H,8-9,15H2/t11-,12+,13+,14+/m0/s1. The molecule has 2 bridgehead atoms. The molecule has 2 aliphatic rings. The van der Waals surface area contributed by atoms with Gasteiger partial charge in [-0.3, -0.25) is 0 Å². The van der Waals surface area contributed by atoms with Crippen LogP contribution in [0.1, 0.15) is 12.0 Å². The molecule has 0 unspecified atom stereocenters. The maximum Gasteiger partial charge on any atom is 0.104 e. The van der Waals surface area contributed by atoms with Crippen molar-refractivity contribution in [2.45, 2.75) is 37.4 Å². The monoisotopic (exact) mass is 231 g/mol. The molecule has 0 amide bonds. The van der Waals surface area contributed by atoms with Crippen molar-refractivity contribution in [3.05, 3.63) is 48.0 Å². The summed E-state index contributed by atoms with van der Waals surface area (Å²) in [7, 11) is 0. The molecule has 1 fully saturated rings. The van der Waals surface area contributed by atoms with Crippen molar-refractivity contribution in [2.75, 3.05) is 0 Å². The van der Waals surface area contributed by atoms with Gasteiger partial charge in [0, 0.05) is 6.04 Å². The lowest BCUT2D eigenvalue weighted by Crippen LogP contribution is -2.50. The van der Waals surface area contributed by atoms with E-state index in [-0.39, 0.29) is 24.4 Å². The van der Waals surface area contributed by atoms with Gasteiger partial charge in [0.15, 0.2) is 0 Å². The highest BCUT2D eigenvalue weighted by atomic mass is 16.6. The zero-order valence-electron chi connectivity index (χ0n) is 9.66. The first-order valence-electron chi connectivity index (χ1n) is 6.08. The third-order valence-corrected chi connectivity index (χ3v) is 3.38. The third kappa shape index (κ3) is 2.27. The Balaban J connectivity index is 1.63. The minimum atomic E-state index is -0.0230. The predicted octanol–water partition coefficient (Wildman–Crippen LogP) is 1.63. The highest BCUT2D eigenvalue weighted by molar-refractivity contribution is 5.15. The van der Waals surface area contributed by atoms with Crippen molar-refractivity contribution >= 4 is 0 Å². The molecule has 3 heteroatoms. The molecule has 1 aromatic carbocycles. The number of ether oxygens (including phenoxy) is 2. The summed E-state index contributed by atoms with van der Waals surface area (Å²) in [6, 6.07) is 10.2. The molecule has 2 N–H and O–H groups in total. The maximum atomic E-state index is 6.12. The molecule has 1 aromatic rings. The van der Waals surface area contributed by atoms with Gasteiger partial charge in [0.1, 0.15) is 12.2 Å². The molecule has 4 atom stereocenters. The van der Waals surface area contributed by atoms with E-state index >= 15 is 0 Å². The lowest BCUT2D eigenvalue weighted by Gasteiger charge is -2.34. The number of hydrogen-bond donors (Lipinski definition) is 1. The van der Waals surface area contributed by atoms with E-state index in [2.05, 4.69) is 24.3 Å². The number of fused-ring (bicyclic) bond motifs is 2.